The molecule has 0 aliphatic carbocycles. The Balaban J connectivity index is 2.74. The molecule has 0 amide bonds. The van der Waals surface area contributed by atoms with Crippen LogP contribution in [0.2, 0.25) is 0 Å². The first kappa shape index (κ1) is 19.3. The van der Waals surface area contributed by atoms with Gasteiger partial charge in [-0.3, -0.25) is 0 Å². The van der Waals surface area contributed by atoms with Gasteiger partial charge in [-0.1, -0.05) is 41.5 Å². The summed E-state index contributed by atoms with van der Waals surface area (Å²) in [7, 11) is 0. The fourth-order valence-corrected chi connectivity index (χ4v) is 3.60. The molecular weight excluding hydrogens is 432 g/mol. The summed E-state index contributed by atoms with van der Waals surface area (Å²) in [6, 6.07) is 7.86. The zero-order chi connectivity index (χ0) is 18.4. The first-order chi connectivity index (χ1) is 10.8. The maximum Gasteiger partial charge on any atom is 0.133 e. The third kappa shape index (κ3) is 3.80. The predicted molar refractivity (Wildman–Crippen MR) is 108 cm³/mol. The van der Waals surface area contributed by atoms with Gasteiger partial charge in [0.05, 0.1) is 8.95 Å². The van der Waals surface area contributed by atoms with E-state index in [1.165, 1.54) is 0 Å². The van der Waals surface area contributed by atoms with E-state index in [0.717, 1.165) is 22.3 Å². The molecule has 0 aromatic heterocycles. The maximum atomic E-state index is 10.4. The van der Waals surface area contributed by atoms with E-state index in [4.69, 9.17) is 0 Å². The minimum absolute atomic E-state index is 0.177. The third-order valence-corrected chi connectivity index (χ3v) is 5.29. The minimum Gasteiger partial charge on any atom is -0.506 e. The van der Waals surface area contributed by atoms with E-state index in [9.17, 15) is 10.2 Å². The molecule has 130 valence electrons. The molecule has 2 aromatic rings. The second-order valence-corrected chi connectivity index (χ2v) is 9.92. The van der Waals surface area contributed by atoms with Crippen LogP contribution in [0.4, 0.5) is 0 Å². The molecule has 2 N–H and O–H groups in total. The number of aromatic hydroxyl groups is 2. The Kier molecular flexibility index (Phi) is 5.14. The Hall–Kier alpha value is -1.00. The van der Waals surface area contributed by atoms with Crippen LogP contribution >= 0.6 is 31.9 Å². The third-order valence-electron chi connectivity index (χ3n) is 4.08. The molecule has 0 fully saturated rings. The molecule has 0 spiro atoms. The van der Waals surface area contributed by atoms with E-state index in [-0.39, 0.29) is 22.3 Å². The van der Waals surface area contributed by atoms with Crippen molar-refractivity contribution in [1.29, 1.82) is 0 Å². The highest BCUT2D eigenvalue weighted by Crippen LogP contribution is 2.43. The number of rotatable bonds is 1. The zero-order valence-corrected chi connectivity index (χ0v) is 18.1. The Bertz CT molecular complexity index is 714. The summed E-state index contributed by atoms with van der Waals surface area (Å²) < 4.78 is 1.35. The van der Waals surface area contributed by atoms with E-state index in [0.29, 0.717) is 8.95 Å². The molecule has 0 atom stereocenters. The van der Waals surface area contributed by atoms with E-state index in [1.807, 2.05) is 24.3 Å². The molecule has 0 saturated carbocycles. The minimum atomic E-state index is -0.177. The Morgan fingerprint density at radius 2 is 0.917 bits per heavy atom. The highest BCUT2D eigenvalue weighted by molar-refractivity contribution is 9.11. The normalized spacial score (nSPS) is 12.5. The van der Waals surface area contributed by atoms with Crippen LogP contribution in [-0.2, 0) is 10.8 Å². The lowest BCUT2D eigenvalue weighted by Crippen LogP contribution is -2.12. The van der Waals surface area contributed by atoms with Crippen molar-refractivity contribution >= 4 is 31.9 Å². The monoisotopic (exact) mass is 454 g/mol. The summed E-state index contributed by atoms with van der Waals surface area (Å²) >= 11 is 6.93. The average Bonchev–Trinajstić information content (AvgIpc) is 2.41. The van der Waals surface area contributed by atoms with Gasteiger partial charge in [-0.25, -0.2) is 0 Å². The molecular formula is C20H24Br2O2. The molecule has 0 aliphatic rings. The number of hydrogen-bond donors (Lipinski definition) is 2. The highest BCUT2D eigenvalue weighted by Gasteiger charge is 2.24. The number of phenols is 2. The summed E-state index contributed by atoms with van der Waals surface area (Å²) in [5, 5.41) is 20.8. The SMILES string of the molecule is CC(C)(C)c1cc(-c2cc(Br)c(O)c(C(C)(C)C)c2)cc(Br)c1O. The van der Waals surface area contributed by atoms with Crippen molar-refractivity contribution in [1.82, 2.24) is 0 Å². The fraction of sp³-hybridized carbons (Fsp3) is 0.400. The lowest BCUT2D eigenvalue weighted by Gasteiger charge is -2.24. The van der Waals surface area contributed by atoms with Crippen LogP contribution in [0.25, 0.3) is 11.1 Å². The van der Waals surface area contributed by atoms with Crippen molar-refractivity contribution in [2.75, 3.05) is 0 Å². The van der Waals surface area contributed by atoms with Gasteiger partial charge in [-0.05, 0) is 78.1 Å². The van der Waals surface area contributed by atoms with Crippen molar-refractivity contribution in [3.05, 3.63) is 44.3 Å². The van der Waals surface area contributed by atoms with Crippen molar-refractivity contribution in [2.45, 2.75) is 52.4 Å². The van der Waals surface area contributed by atoms with Gasteiger partial charge in [0, 0.05) is 11.1 Å². The summed E-state index contributed by atoms with van der Waals surface area (Å²) in [4.78, 5) is 0. The van der Waals surface area contributed by atoms with Crippen LogP contribution in [0.15, 0.2) is 33.2 Å². The van der Waals surface area contributed by atoms with Crippen LogP contribution in [0.1, 0.15) is 52.7 Å². The molecule has 24 heavy (non-hydrogen) atoms. The van der Waals surface area contributed by atoms with E-state index >= 15 is 0 Å². The summed E-state index contributed by atoms with van der Waals surface area (Å²) in [5.41, 5.74) is 3.40. The smallest absolute Gasteiger partial charge is 0.133 e. The standard InChI is InChI=1S/C20H24Br2O2/c1-19(2,3)13-7-11(9-15(21)17(13)23)12-8-14(20(4,5)6)18(24)16(22)10-12/h7-10,23-24H,1-6H3. The van der Waals surface area contributed by atoms with Crippen molar-refractivity contribution < 1.29 is 10.2 Å². The Morgan fingerprint density at radius 3 is 1.17 bits per heavy atom. The molecule has 0 radical (unpaired) electrons. The number of halogens is 2. The lowest BCUT2D eigenvalue weighted by molar-refractivity contribution is 0.442. The van der Waals surface area contributed by atoms with E-state index in [2.05, 4.69) is 73.4 Å². The van der Waals surface area contributed by atoms with Crippen molar-refractivity contribution in [2.24, 2.45) is 0 Å². The van der Waals surface area contributed by atoms with E-state index < -0.39 is 0 Å². The molecule has 2 rings (SSSR count). The molecule has 4 heteroatoms. The Labute approximate surface area is 161 Å². The van der Waals surface area contributed by atoms with E-state index in [1.54, 1.807) is 0 Å². The number of hydrogen-bond acceptors (Lipinski definition) is 2. The largest absolute Gasteiger partial charge is 0.506 e. The summed E-state index contributed by atoms with van der Waals surface area (Å²) in [6.45, 7) is 12.4. The van der Waals surface area contributed by atoms with Gasteiger partial charge in [-0.2, -0.15) is 0 Å². The first-order valence-electron chi connectivity index (χ1n) is 7.88. The molecule has 2 aromatic carbocycles. The maximum absolute atomic E-state index is 10.4. The van der Waals surface area contributed by atoms with Gasteiger partial charge >= 0.3 is 0 Å². The second kappa shape index (κ2) is 6.38. The summed E-state index contributed by atoms with van der Waals surface area (Å²) in [6.07, 6.45) is 0. The lowest BCUT2D eigenvalue weighted by atomic mass is 9.82. The number of benzene rings is 2. The van der Waals surface area contributed by atoms with Gasteiger partial charge in [0.1, 0.15) is 11.5 Å². The van der Waals surface area contributed by atoms with Gasteiger partial charge in [0.25, 0.3) is 0 Å². The van der Waals surface area contributed by atoms with Gasteiger partial charge in [-0.15, -0.1) is 0 Å². The van der Waals surface area contributed by atoms with Crippen molar-refractivity contribution in [3.8, 4) is 22.6 Å². The van der Waals surface area contributed by atoms with Crippen LogP contribution in [-0.4, -0.2) is 10.2 Å². The molecule has 0 bridgehead atoms. The molecule has 2 nitrogen and oxygen atoms in total. The molecule has 0 aliphatic heterocycles. The van der Waals surface area contributed by atoms with Gasteiger partial charge < -0.3 is 10.2 Å². The predicted octanol–water partition coefficient (Wildman–Crippen LogP) is 6.88. The van der Waals surface area contributed by atoms with Crippen molar-refractivity contribution in [3.63, 3.8) is 0 Å². The highest BCUT2D eigenvalue weighted by atomic mass is 79.9. The van der Waals surface area contributed by atoms with Crippen LogP contribution < -0.4 is 0 Å². The zero-order valence-electron chi connectivity index (χ0n) is 15.0. The topological polar surface area (TPSA) is 40.5 Å². The van der Waals surface area contributed by atoms with Gasteiger partial charge in [0.15, 0.2) is 0 Å². The van der Waals surface area contributed by atoms with Crippen LogP contribution in [0.3, 0.4) is 0 Å². The van der Waals surface area contributed by atoms with Crippen LogP contribution in [0, 0.1) is 0 Å². The average molecular weight is 456 g/mol. The number of phenolic OH excluding ortho intramolecular Hbond substituents is 2. The first-order valence-corrected chi connectivity index (χ1v) is 9.47. The van der Waals surface area contributed by atoms with Crippen LogP contribution in [0.5, 0.6) is 11.5 Å². The summed E-state index contributed by atoms with van der Waals surface area (Å²) in [5.74, 6) is 0.556. The van der Waals surface area contributed by atoms with Gasteiger partial charge in [0.2, 0.25) is 0 Å². The fourth-order valence-electron chi connectivity index (χ4n) is 2.67. The Morgan fingerprint density at radius 1 is 0.625 bits per heavy atom. The molecule has 0 heterocycles. The second-order valence-electron chi connectivity index (χ2n) is 8.21. The quantitative estimate of drug-likeness (QED) is 0.491. The molecule has 0 saturated heterocycles. The molecule has 0 unspecified atom stereocenters.